The number of piperidine rings is 1. The van der Waals surface area contributed by atoms with Crippen molar-refractivity contribution in [2.75, 3.05) is 18.4 Å². The number of benzene rings is 1. The number of amides is 1. The summed E-state index contributed by atoms with van der Waals surface area (Å²) in [6.45, 7) is 6.98. The van der Waals surface area contributed by atoms with Crippen molar-refractivity contribution in [3.05, 3.63) is 29.3 Å². The van der Waals surface area contributed by atoms with Crippen LogP contribution in [0.1, 0.15) is 30.9 Å². The molecule has 1 aliphatic heterocycles. The number of likely N-dealkylation sites (tertiary alicyclic amines) is 1. The summed E-state index contributed by atoms with van der Waals surface area (Å²) in [6.07, 6.45) is 1.51. The lowest BCUT2D eigenvalue weighted by molar-refractivity contribution is -0.144. The van der Waals surface area contributed by atoms with Gasteiger partial charge in [-0.25, -0.2) is 0 Å². The molecule has 0 aliphatic carbocycles. The summed E-state index contributed by atoms with van der Waals surface area (Å²) in [5, 5.41) is 12.1. The van der Waals surface area contributed by atoms with Gasteiger partial charge in [-0.2, -0.15) is 0 Å². The standard InChI is InChI=1S/C17H24N2O3/c1-11-6-4-7-12(2)15(11)18-16(20)13(3)19-9-5-8-14(10-19)17(21)22/h4,6-7,13-14H,5,8-10H2,1-3H3,(H,18,20)(H,21,22). The third kappa shape index (κ3) is 3.65. The molecule has 120 valence electrons. The zero-order valence-electron chi connectivity index (χ0n) is 13.4. The zero-order valence-corrected chi connectivity index (χ0v) is 13.4. The molecule has 0 saturated carbocycles. The highest BCUT2D eigenvalue weighted by molar-refractivity contribution is 5.95. The van der Waals surface area contributed by atoms with Gasteiger partial charge in [0.05, 0.1) is 12.0 Å². The van der Waals surface area contributed by atoms with E-state index in [2.05, 4.69) is 5.32 Å². The van der Waals surface area contributed by atoms with E-state index < -0.39 is 5.97 Å². The number of carboxylic acid groups (broad SMARTS) is 1. The van der Waals surface area contributed by atoms with E-state index in [9.17, 15) is 9.59 Å². The minimum atomic E-state index is -0.771. The van der Waals surface area contributed by atoms with Crippen LogP contribution in [0.15, 0.2) is 18.2 Å². The fourth-order valence-electron chi connectivity index (χ4n) is 2.96. The maximum absolute atomic E-state index is 12.5. The molecule has 1 amide bonds. The third-order valence-electron chi connectivity index (χ3n) is 4.46. The number of nitrogens with one attached hydrogen (secondary N) is 1. The molecule has 2 unspecified atom stereocenters. The Labute approximate surface area is 131 Å². The van der Waals surface area contributed by atoms with Crippen LogP contribution in [-0.4, -0.2) is 41.0 Å². The minimum absolute atomic E-state index is 0.0801. The normalized spacial score (nSPS) is 20.4. The van der Waals surface area contributed by atoms with Gasteiger partial charge >= 0.3 is 5.97 Å². The summed E-state index contributed by atoms with van der Waals surface area (Å²) in [4.78, 5) is 25.6. The van der Waals surface area contributed by atoms with Crippen LogP contribution < -0.4 is 5.32 Å². The predicted octanol–water partition coefficient (Wildman–Crippen LogP) is 2.43. The topological polar surface area (TPSA) is 69.6 Å². The van der Waals surface area contributed by atoms with Crippen LogP contribution in [0, 0.1) is 19.8 Å². The van der Waals surface area contributed by atoms with E-state index in [0.29, 0.717) is 13.0 Å². The molecule has 1 aromatic carbocycles. The average molecular weight is 304 g/mol. The largest absolute Gasteiger partial charge is 0.481 e. The average Bonchev–Trinajstić information content (AvgIpc) is 2.50. The van der Waals surface area contributed by atoms with Crippen LogP contribution in [-0.2, 0) is 9.59 Å². The lowest BCUT2D eigenvalue weighted by Gasteiger charge is -2.34. The van der Waals surface area contributed by atoms with Gasteiger partial charge in [-0.05, 0) is 51.3 Å². The second-order valence-corrected chi connectivity index (χ2v) is 6.10. The maximum atomic E-state index is 12.5. The summed E-state index contributed by atoms with van der Waals surface area (Å²) in [6, 6.07) is 5.57. The van der Waals surface area contributed by atoms with Crippen LogP contribution in [0.2, 0.25) is 0 Å². The first-order valence-corrected chi connectivity index (χ1v) is 7.74. The van der Waals surface area contributed by atoms with E-state index in [0.717, 1.165) is 29.8 Å². The molecule has 5 heteroatoms. The number of aliphatic carboxylic acids is 1. The molecule has 0 radical (unpaired) electrons. The summed E-state index contributed by atoms with van der Waals surface area (Å²) >= 11 is 0. The molecular formula is C17H24N2O3. The smallest absolute Gasteiger partial charge is 0.307 e. The lowest BCUT2D eigenvalue weighted by Crippen LogP contribution is -2.48. The Morgan fingerprint density at radius 2 is 1.95 bits per heavy atom. The molecule has 1 heterocycles. The molecule has 5 nitrogen and oxygen atoms in total. The number of nitrogens with zero attached hydrogens (tertiary/aromatic N) is 1. The van der Waals surface area contributed by atoms with E-state index in [-0.39, 0.29) is 17.9 Å². The number of para-hydroxylation sites is 1. The summed E-state index contributed by atoms with van der Waals surface area (Å²) in [5.74, 6) is -1.22. The molecule has 1 saturated heterocycles. The number of aryl methyl sites for hydroxylation is 2. The molecule has 1 fully saturated rings. The first kappa shape index (κ1) is 16.5. The van der Waals surface area contributed by atoms with E-state index in [1.807, 2.05) is 43.9 Å². The maximum Gasteiger partial charge on any atom is 0.307 e. The molecule has 1 aromatic rings. The van der Waals surface area contributed by atoms with Crippen molar-refractivity contribution >= 4 is 17.6 Å². The number of carbonyl (C=O) groups is 2. The van der Waals surface area contributed by atoms with Crippen LogP contribution in [0.4, 0.5) is 5.69 Å². The summed E-state index contributed by atoms with van der Waals surface area (Å²) in [5.41, 5.74) is 2.91. The monoisotopic (exact) mass is 304 g/mol. The van der Waals surface area contributed by atoms with Crippen molar-refractivity contribution < 1.29 is 14.7 Å². The Balaban J connectivity index is 2.04. The molecule has 22 heavy (non-hydrogen) atoms. The molecule has 1 aliphatic rings. The van der Waals surface area contributed by atoms with Gasteiger partial charge in [0, 0.05) is 12.2 Å². The van der Waals surface area contributed by atoms with E-state index in [1.165, 1.54) is 0 Å². The van der Waals surface area contributed by atoms with Gasteiger partial charge in [-0.15, -0.1) is 0 Å². The lowest BCUT2D eigenvalue weighted by atomic mass is 9.97. The molecule has 0 aromatic heterocycles. The van der Waals surface area contributed by atoms with Crippen molar-refractivity contribution in [1.29, 1.82) is 0 Å². The zero-order chi connectivity index (χ0) is 16.3. The highest BCUT2D eigenvalue weighted by Gasteiger charge is 2.30. The molecule has 2 N–H and O–H groups in total. The Morgan fingerprint density at radius 3 is 2.55 bits per heavy atom. The van der Waals surface area contributed by atoms with E-state index >= 15 is 0 Å². The molecule has 2 atom stereocenters. The van der Waals surface area contributed by atoms with Gasteiger partial charge in [0.15, 0.2) is 0 Å². The first-order valence-electron chi connectivity index (χ1n) is 7.74. The number of anilines is 1. The van der Waals surface area contributed by atoms with Gasteiger partial charge in [0.1, 0.15) is 0 Å². The van der Waals surface area contributed by atoms with E-state index in [4.69, 9.17) is 5.11 Å². The van der Waals surface area contributed by atoms with Crippen LogP contribution in [0.3, 0.4) is 0 Å². The van der Waals surface area contributed by atoms with Gasteiger partial charge in [-0.3, -0.25) is 14.5 Å². The second-order valence-electron chi connectivity index (χ2n) is 6.10. The molecule has 0 bridgehead atoms. The number of carboxylic acids is 1. The summed E-state index contributed by atoms with van der Waals surface area (Å²) < 4.78 is 0. The fraction of sp³-hybridized carbons (Fsp3) is 0.529. The Kier molecular flexibility index (Phi) is 5.19. The van der Waals surface area contributed by atoms with Gasteiger partial charge in [-0.1, -0.05) is 18.2 Å². The van der Waals surface area contributed by atoms with Gasteiger partial charge < -0.3 is 10.4 Å². The first-order chi connectivity index (χ1) is 10.4. The van der Waals surface area contributed by atoms with Crippen LogP contribution in [0.25, 0.3) is 0 Å². The van der Waals surface area contributed by atoms with Crippen molar-refractivity contribution in [2.45, 2.75) is 39.7 Å². The number of carbonyl (C=O) groups excluding carboxylic acids is 1. The quantitative estimate of drug-likeness (QED) is 0.896. The van der Waals surface area contributed by atoms with Crippen molar-refractivity contribution in [2.24, 2.45) is 5.92 Å². The molecular weight excluding hydrogens is 280 g/mol. The van der Waals surface area contributed by atoms with Crippen molar-refractivity contribution in [3.63, 3.8) is 0 Å². The second kappa shape index (κ2) is 6.92. The van der Waals surface area contributed by atoms with Crippen LogP contribution in [0.5, 0.6) is 0 Å². The Hall–Kier alpha value is -1.88. The van der Waals surface area contributed by atoms with Gasteiger partial charge in [0.2, 0.25) is 5.91 Å². The van der Waals surface area contributed by atoms with Gasteiger partial charge in [0.25, 0.3) is 0 Å². The number of rotatable bonds is 4. The molecule has 0 spiro atoms. The number of hydrogen-bond donors (Lipinski definition) is 2. The minimum Gasteiger partial charge on any atom is -0.481 e. The Morgan fingerprint density at radius 1 is 1.32 bits per heavy atom. The SMILES string of the molecule is Cc1cccc(C)c1NC(=O)C(C)N1CCCC(C(=O)O)C1. The highest BCUT2D eigenvalue weighted by atomic mass is 16.4. The summed E-state index contributed by atoms with van der Waals surface area (Å²) in [7, 11) is 0. The van der Waals surface area contributed by atoms with Crippen molar-refractivity contribution in [3.8, 4) is 0 Å². The highest BCUT2D eigenvalue weighted by Crippen LogP contribution is 2.22. The third-order valence-corrected chi connectivity index (χ3v) is 4.46. The Bertz CT molecular complexity index is 551. The van der Waals surface area contributed by atoms with Crippen molar-refractivity contribution in [1.82, 2.24) is 4.90 Å². The number of hydrogen-bond acceptors (Lipinski definition) is 3. The molecule has 2 rings (SSSR count). The van der Waals surface area contributed by atoms with E-state index in [1.54, 1.807) is 0 Å². The fourth-order valence-corrected chi connectivity index (χ4v) is 2.96. The van der Waals surface area contributed by atoms with Crippen LogP contribution >= 0.6 is 0 Å². The predicted molar refractivity (Wildman–Crippen MR) is 85.9 cm³/mol.